The molecule has 4 heteroatoms. The lowest BCUT2D eigenvalue weighted by Gasteiger charge is -2.03. The molecule has 0 spiro atoms. The van der Waals surface area contributed by atoms with Crippen molar-refractivity contribution >= 4 is 10.9 Å². The zero-order valence-corrected chi connectivity index (χ0v) is 9.34. The van der Waals surface area contributed by atoms with E-state index in [4.69, 9.17) is 0 Å². The van der Waals surface area contributed by atoms with Crippen LogP contribution in [0, 0.1) is 6.92 Å². The van der Waals surface area contributed by atoms with Crippen LogP contribution in [-0.2, 0) is 0 Å². The molecule has 1 aromatic carbocycles. The van der Waals surface area contributed by atoms with Gasteiger partial charge >= 0.3 is 0 Å². The van der Waals surface area contributed by atoms with Gasteiger partial charge in [-0.15, -0.1) is 0 Å². The Hall–Kier alpha value is -2.36. The van der Waals surface area contributed by atoms with Crippen molar-refractivity contribution in [1.29, 1.82) is 0 Å². The maximum Gasteiger partial charge on any atom is 0.259 e. The van der Waals surface area contributed by atoms with Crippen molar-refractivity contribution in [3.05, 3.63) is 58.6 Å². The van der Waals surface area contributed by atoms with Crippen LogP contribution in [0.3, 0.4) is 0 Å². The van der Waals surface area contributed by atoms with Gasteiger partial charge in [-0.25, -0.2) is 4.68 Å². The average Bonchev–Trinajstić information content (AvgIpc) is 2.74. The Labute approximate surface area is 97.5 Å². The molecule has 0 aliphatic heterocycles. The molecule has 84 valence electrons. The van der Waals surface area contributed by atoms with Crippen molar-refractivity contribution in [3.63, 3.8) is 0 Å². The summed E-state index contributed by atoms with van der Waals surface area (Å²) in [4.78, 5) is 14.5. The Kier molecular flexibility index (Phi) is 2.08. The number of aromatic nitrogens is 3. The van der Waals surface area contributed by atoms with Crippen LogP contribution in [0.4, 0.5) is 0 Å². The molecule has 0 fully saturated rings. The molecule has 0 aliphatic carbocycles. The van der Waals surface area contributed by atoms with Crippen molar-refractivity contribution < 1.29 is 0 Å². The van der Waals surface area contributed by atoms with Crippen LogP contribution in [0.15, 0.2) is 47.4 Å². The number of aromatic amines is 1. The standard InChI is InChI=1S/C13H11N3O/c1-9-7-12-11(13(17)15-9)8-14-16(12)10-5-3-2-4-6-10/h2-8H,1H3,(H,15,17). The fraction of sp³-hybridized carbons (Fsp3) is 0.0769. The van der Waals surface area contributed by atoms with E-state index < -0.39 is 0 Å². The zero-order chi connectivity index (χ0) is 11.8. The Bertz CT molecular complexity index is 725. The molecule has 0 bridgehead atoms. The predicted octanol–water partition coefficient (Wildman–Crippen LogP) is 2.02. The van der Waals surface area contributed by atoms with Gasteiger partial charge in [0.15, 0.2) is 0 Å². The first kappa shape index (κ1) is 9.84. The SMILES string of the molecule is Cc1cc2c(cnn2-c2ccccc2)c(=O)[nH]1. The van der Waals surface area contributed by atoms with Crippen molar-refractivity contribution in [2.24, 2.45) is 0 Å². The lowest BCUT2D eigenvalue weighted by Crippen LogP contribution is -2.07. The molecule has 0 saturated heterocycles. The van der Waals surface area contributed by atoms with Gasteiger partial charge < -0.3 is 4.98 Å². The van der Waals surface area contributed by atoms with E-state index in [0.717, 1.165) is 16.9 Å². The summed E-state index contributed by atoms with van der Waals surface area (Å²) in [6, 6.07) is 11.7. The van der Waals surface area contributed by atoms with Gasteiger partial charge in [-0.3, -0.25) is 4.79 Å². The van der Waals surface area contributed by atoms with Crippen molar-refractivity contribution in [2.75, 3.05) is 0 Å². The highest BCUT2D eigenvalue weighted by Gasteiger charge is 2.07. The number of aryl methyl sites for hydroxylation is 1. The van der Waals surface area contributed by atoms with Crippen LogP contribution in [0.25, 0.3) is 16.6 Å². The van der Waals surface area contributed by atoms with E-state index in [1.165, 1.54) is 0 Å². The smallest absolute Gasteiger partial charge is 0.259 e. The minimum atomic E-state index is -0.0952. The van der Waals surface area contributed by atoms with Crippen molar-refractivity contribution in [3.8, 4) is 5.69 Å². The Morgan fingerprint density at radius 2 is 2.00 bits per heavy atom. The lowest BCUT2D eigenvalue weighted by atomic mass is 10.2. The van der Waals surface area contributed by atoms with Crippen molar-refractivity contribution in [1.82, 2.24) is 14.8 Å². The first-order chi connectivity index (χ1) is 8.25. The molecular formula is C13H11N3O. The minimum absolute atomic E-state index is 0.0952. The van der Waals surface area contributed by atoms with Crippen molar-refractivity contribution in [2.45, 2.75) is 6.92 Å². The van der Waals surface area contributed by atoms with Crippen LogP contribution in [-0.4, -0.2) is 14.8 Å². The topological polar surface area (TPSA) is 50.7 Å². The largest absolute Gasteiger partial charge is 0.326 e. The van der Waals surface area contributed by atoms with Gasteiger partial charge in [-0.1, -0.05) is 18.2 Å². The first-order valence-corrected chi connectivity index (χ1v) is 5.39. The van der Waals surface area contributed by atoms with Gasteiger partial charge in [0.25, 0.3) is 5.56 Å². The number of fused-ring (bicyclic) bond motifs is 1. The average molecular weight is 225 g/mol. The van der Waals surface area contributed by atoms with Crippen LogP contribution < -0.4 is 5.56 Å². The Morgan fingerprint density at radius 1 is 1.24 bits per heavy atom. The molecule has 0 radical (unpaired) electrons. The lowest BCUT2D eigenvalue weighted by molar-refractivity contribution is 0.909. The summed E-state index contributed by atoms with van der Waals surface area (Å²) in [6.07, 6.45) is 1.60. The number of nitrogens with zero attached hydrogens (tertiary/aromatic N) is 2. The molecule has 3 rings (SSSR count). The number of hydrogen-bond donors (Lipinski definition) is 1. The van der Waals surface area contributed by atoms with Crippen LogP contribution >= 0.6 is 0 Å². The third-order valence-corrected chi connectivity index (χ3v) is 2.72. The van der Waals surface area contributed by atoms with Crippen LogP contribution in [0.5, 0.6) is 0 Å². The number of H-pyrrole nitrogens is 1. The second-order valence-electron chi connectivity index (χ2n) is 3.97. The summed E-state index contributed by atoms with van der Waals surface area (Å²) in [5, 5.41) is 4.87. The third-order valence-electron chi connectivity index (χ3n) is 2.72. The molecule has 0 amide bonds. The van der Waals surface area contributed by atoms with E-state index in [0.29, 0.717) is 5.39 Å². The summed E-state index contributed by atoms with van der Waals surface area (Å²) >= 11 is 0. The molecule has 0 atom stereocenters. The van der Waals surface area contributed by atoms with E-state index in [-0.39, 0.29) is 5.56 Å². The van der Waals surface area contributed by atoms with E-state index in [9.17, 15) is 4.79 Å². The quantitative estimate of drug-likeness (QED) is 0.688. The summed E-state index contributed by atoms with van der Waals surface area (Å²) in [5.74, 6) is 0. The second-order valence-corrected chi connectivity index (χ2v) is 3.97. The van der Waals surface area contributed by atoms with Gasteiger partial charge in [0, 0.05) is 5.69 Å². The third kappa shape index (κ3) is 1.54. The van der Waals surface area contributed by atoms with Crippen LogP contribution in [0.2, 0.25) is 0 Å². The van der Waals surface area contributed by atoms with Gasteiger partial charge in [0.1, 0.15) is 0 Å². The van der Waals surface area contributed by atoms with Gasteiger partial charge in [-0.05, 0) is 25.1 Å². The fourth-order valence-electron chi connectivity index (χ4n) is 1.93. The van der Waals surface area contributed by atoms with E-state index in [2.05, 4.69) is 10.1 Å². The fourth-order valence-corrected chi connectivity index (χ4v) is 1.93. The molecule has 17 heavy (non-hydrogen) atoms. The Morgan fingerprint density at radius 3 is 2.76 bits per heavy atom. The summed E-state index contributed by atoms with van der Waals surface area (Å²) in [5.41, 5.74) is 2.52. The Balaban J connectivity index is 2.36. The highest BCUT2D eigenvalue weighted by Crippen LogP contribution is 2.15. The molecule has 3 aromatic rings. The molecule has 0 saturated carbocycles. The van der Waals surface area contributed by atoms with Crippen LogP contribution in [0.1, 0.15) is 5.69 Å². The summed E-state index contributed by atoms with van der Waals surface area (Å²) in [6.45, 7) is 1.86. The maximum atomic E-state index is 11.7. The molecule has 0 unspecified atom stereocenters. The number of benzene rings is 1. The van der Waals surface area contributed by atoms with E-state index >= 15 is 0 Å². The van der Waals surface area contributed by atoms with Gasteiger partial charge in [0.2, 0.25) is 0 Å². The van der Waals surface area contributed by atoms with E-state index in [1.807, 2.05) is 43.3 Å². The predicted molar refractivity (Wildman–Crippen MR) is 66.4 cm³/mol. The molecule has 1 N–H and O–H groups in total. The van der Waals surface area contributed by atoms with Gasteiger partial charge in [-0.2, -0.15) is 5.10 Å². The number of pyridine rings is 1. The normalized spacial score (nSPS) is 10.9. The second kappa shape index (κ2) is 3.59. The maximum absolute atomic E-state index is 11.7. The van der Waals surface area contributed by atoms with Gasteiger partial charge in [0.05, 0.1) is 22.8 Å². The molecule has 4 nitrogen and oxygen atoms in total. The monoisotopic (exact) mass is 225 g/mol. The number of para-hydroxylation sites is 1. The molecule has 2 aromatic heterocycles. The number of rotatable bonds is 1. The first-order valence-electron chi connectivity index (χ1n) is 5.39. The summed E-state index contributed by atoms with van der Waals surface area (Å²) in [7, 11) is 0. The molecular weight excluding hydrogens is 214 g/mol. The molecule has 2 heterocycles. The number of nitrogens with one attached hydrogen (secondary N) is 1. The zero-order valence-electron chi connectivity index (χ0n) is 9.34. The highest BCUT2D eigenvalue weighted by molar-refractivity contribution is 5.79. The summed E-state index contributed by atoms with van der Waals surface area (Å²) < 4.78 is 1.78. The number of hydrogen-bond acceptors (Lipinski definition) is 2. The van der Waals surface area contributed by atoms with E-state index in [1.54, 1.807) is 10.9 Å². The molecule has 0 aliphatic rings. The minimum Gasteiger partial charge on any atom is -0.326 e. The highest BCUT2D eigenvalue weighted by atomic mass is 16.1.